The number of nitrogens with one attached hydrogen (secondary N) is 2. The number of rotatable bonds is 12. The summed E-state index contributed by atoms with van der Waals surface area (Å²) in [5, 5.41) is 4.08. The average molecular weight is 444 g/mol. The molecular weight excluding hydrogens is 406 g/mol. The first-order chi connectivity index (χ1) is 16.3. The first-order valence-corrected chi connectivity index (χ1v) is 12.6. The van der Waals surface area contributed by atoms with E-state index in [0.717, 1.165) is 44.8 Å². The van der Waals surface area contributed by atoms with Gasteiger partial charge in [0.05, 0.1) is 28.9 Å². The molecule has 0 spiro atoms. The van der Waals surface area contributed by atoms with Crippen molar-refractivity contribution in [1.82, 2.24) is 9.97 Å². The maximum Gasteiger partial charge on any atom is 0.144 e. The van der Waals surface area contributed by atoms with Gasteiger partial charge in [0.15, 0.2) is 0 Å². The number of aromatic nitrogens is 2. The number of ether oxygens (including phenoxy) is 1. The highest BCUT2D eigenvalue weighted by Crippen LogP contribution is 2.12. The fourth-order valence-electron chi connectivity index (χ4n) is 4.50. The van der Waals surface area contributed by atoms with E-state index < -0.39 is 0 Å². The van der Waals surface area contributed by atoms with E-state index >= 15 is 0 Å². The van der Waals surface area contributed by atoms with Crippen LogP contribution in [-0.4, -0.2) is 17.1 Å². The second-order valence-corrected chi connectivity index (χ2v) is 9.03. The lowest BCUT2D eigenvalue weighted by atomic mass is 10.1. The highest BCUT2D eigenvalue weighted by atomic mass is 16.5. The van der Waals surface area contributed by atoms with Crippen LogP contribution in [0.4, 0.5) is 0 Å². The van der Waals surface area contributed by atoms with Crippen LogP contribution in [0.3, 0.4) is 0 Å². The van der Waals surface area contributed by atoms with Crippen molar-refractivity contribution in [3.05, 3.63) is 75.1 Å². The fourth-order valence-corrected chi connectivity index (χ4v) is 4.50. The minimum absolute atomic E-state index is 0.826. The summed E-state index contributed by atoms with van der Waals surface area (Å²) in [5.74, 6) is 0.826. The second kappa shape index (κ2) is 11.7. The molecule has 0 amide bonds. The van der Waals surface area contributed by atoms with Crippen molar-refractivity contribution in [2.75, 3.05) is 7.11 Å². The molecule has 1 aromatic carbocycles. The summed E-state index contributed by atoms with van der Waals surface area (Å²) in [4.78, 5) is 11.8. The summed E-state index contributed by atoms with van der Waals surface area (Å²) in [7, 11) is 1.71. The van der Waals surface area contributed by atoms with Gasteiger partial charge in [0.1, 0.15) is 5.75 Å². The van der Waals surface area contributed by atoms with E-state index in [-0.39, 0.29) is 0 Å². The zero-order valence-corrected chi connectivity index (χ0v) is 20.1. The number of fused-ring (bicyclic) bond motifs is 1. The Kier molecular flexibility index (Phi) is 8.24. The van der Waals surface area contributed by atoms with Gasteiger partial charge >= 0.3 is 0 Å². The van der Waals surface area contributed by atoms with Crippen molar-refractivity contribution in [2.45, 2.75) is 71.1 Å². The number of para-hydroxylation sites is 1. The van der Waals surface area contributed by atoms with Crippen LogP contribution in [-0.2, 0) is 6.42 Å². The fraction of sp³-hybridized carbons (Fsp3) is 0.414. The maximum atomic E-state index is 5.63. The first kappa shape index (κ1) is 23.2. The van der Waals surface area contributed by atoms with E-state index in [9.17, 15) is 0 Å². The molecule has 4 rings (SSSR count). The zero-order valence-electron chi connectivity index (χ0n) is 20.1. The van der Waals surface area contributed by atoms with Gasteiger partial charge in [-0.25, -0.2) is 4.99 Å². The molecule has 174 valence electrons. The highest BCUT2D eigenvalue weighted by molar-refractivity contribution is 5.76. The second-order valence-electron chi connectivity index (χ2n) is 9.03. The van der Waals surface area contributed by atoms with Crippen molar-refractivity contribution < 1.29 is 4.74 Å². The number of benzene rings is 1. The van der Waals surface area contributed by atoms with Gasteiger partial charge in [0.2, 0.25) is 0 Å². The van der Waals surface area contributed by atoms with Crippen molar-refractivity contribution in [1.29, 1.82) is 0 Å². The first-order valence-electron chi connectivity index (χ1n) is 12.6. The maximum absolute atomic E-state index is 5.63. The van der Waals surface area contributed by atoms with E-state index in [0.29, 0.717) is 0 Å². The Morgan fingerprint density at radius 2 is 1.64 bits per heavy atom. The molecule has 33 heavy (non-hydrogen) atoms. The molecular formula is C29H37N3O. The van der Waals surface area contributed by atoms with Gasteiger partial charge in [-0.1, -0.05) is 76.5 Å². The van der Waals surface area contributed by atoms with E-state index in [1.807, 2.05) is 24.3 Å². The van der Waals surface area contributed by atoms with E-state index in [1.54, 1.807) is 7.11 Å². The average Bonchev–Trinajstić information content (AvgIpc) is 3.56. The molecule has 1 aliphatic heterocycles. The molecule has 1 aliphatic rings. The quantitative estimate of drug-likeness (QED) is 0.399. The van der Waals surface area contributed by atoms with Gasteiger partial charge < -0.3 is 14.7 Å². The van der Waals surface area contributed by atoms with Gasteiger partial charge in [-0.3, -0.25) is 0 Å². The minimum atomic E-state index is 0.826. The van der Waals surface area contributed by atoms with Crippen LogP contribution in [0.1, 0.15) is 76.1 Å². The third-order valence-electron chi connectivity index (χ3n) is 6.39. The van der Waals surface area contributed by atoms with Crippen LogP contribution in [0.5, 0.6) is 5.75 Å². The third-order valence-corrected chi connectivity index (χ3v) is 6.39. The van der Waals surface area contributed by atoms with Crippen molar-refractivity contribution >= 4 is 17.8 Å². The smallest absolute Gasteiger partial charge is 0.144 e. The lowest BCUT2D eigenvalue weighted by molar-refractivity contribution is 0.412. The minimum Gasteiger partial charge on any atom is -0.494 e. The van der Waals surface area contributed by atoms with Crippen LogP contribution in [0.15, 0.2) is 47.5 Å². The molecule has 3 heterocycles. The summed E-state index contributed by atoms with van der Waals surface area (Å²) in [6.07, 6.45) is 17.6. The number of aryl methyl sites for hydroxylation is 1. The molecule has 0 saturated carbocycles. The van der Waals surface area contributed by atoms with Crippen LogP contribution >= 0.6 is 0 Å². The van der Waals surface area contributed by atoms with E-state index in [2.05, 4.69) is 47.2 Å². The Bertz CT molecular complexity index is 1240. The molecule has 0 saturated heterocycles. The monoisotopic (exact) mass is 443 g/mol. The summed E-state index contributed by atoms with van der Waals surface area (Å²) in [5.41, 5.74) is 3.33. The number of aromatic amines is 2. The summed E-state index contributed by atoms with van der Waals surface area (Å²) < 4.78 is 5.63. The van der Waals surface area contributed by atoms with Gasteiger partial charge in [0.25, 0.3) is 0 Å². The molecule has 0 aliphatic carbocycles. The van der Waals surface area contributed by atoms with Crippen molar-refractivity contribution in [2.24, 2.45) is 4.99 Å². The molecule has 0 fully saturated rings. The number of unbranched alkanes of at least 4 members (excludes halogenated alkanes) is 8. The Labute approximate surface area is 196 Å². The molecule has 2 aromatic heterocycles. The lowest BCUT2D eigenvalue weighted by Crippen LogP contribution is -2.19. The van der Waals surface area contributed by atoms with Crippen LogP contribution in [0.25, 0.3) is 17.8 Å². The summed E-state index contributed by atoms with van der Waals surface area (Å²) in [6.45, 7) is 2.28. The number of nitrogens with zero attached hydrogens (tertiary/aromatic N) is 1. The molecule has 0 unspecified atom stereocenters. The predicted octanol–water partition coefficient (Wildman–Crippen LogP) is 4.48. The molecule has 0 atom stereocenters. The zero-order chi connectivity index (χ0) is 22.9. The van der Waals surface area contributed by atoms with Crippen molar-refractivity contribution in [3.8, 4) is 5.75 Å². The molecule has 4 nitrogen and oxygen atoms in total. The van der Waals surface area contributed by atoms with Gasteiger partial charge in [-0.2, -0.15) is 0 Å². The SMILES string of the molecule is CCCCCCCCCCCc1ccc(/C=c2/[nH]/c(=C3/C=c4ccccc4=N3)cc2OC)[nH]1. The standard InChI is InChI=1S/C29H37N3O/c1-3-4-5-6-7-8-9-10-11-15-23-17-18-24(30-23)20-28-29(33-2)21-27(32-28)26-19-22-14-12-13-16-25(22)31-26/h12-14,16-21,30,32H,3-11,15H2,1-2H3/b27-26-,28-20+. The highest BCUT2D eigenvalue weighted by Gasteiger charge is 2.06. The Morgan fingerprint density at radius 1 is 0.879 bits per heavy atom. The third kappa shape index (κ3) is 6.28. The Hall–Kier alpha value is -3.01. The Balaban J connectivity index is 1.37. The molecule has 0 radical (unpaired) electrons. The lowest BCUT2D eigenvalue weighted by Gasteiger charge is -2.01. The molecule has 4 heteroatoms. The molecule has 2 N–H and O–H groups in total. The van der Waals surface area contributed by atoms with E-state index in [4.69, 9.17) is 9.73 Å². The topological polar surface area (TPSA) is 53.2 Å². The predicted molar refractivity (Wildman–Crippen MR) is 137 cm³/mol. The van der Waals surface area contributed by atoms with E-state index in [1.165, 1.54) is 63.5 Å². The van der Waals surface area contributed by atoms with Crippen LogP contribution in [0.2, 0.25) is 0 Å². The molecule has 0 bridgehead atoms. The van der Waals surface area contributed by atoms with Gasteiger partial charge in [-0.15, -0.1) is 0 Å². The largest absolute Gasteiger partial charge is 0.494 e. The van der Waals surface area contributed by atoms with Crippen LogP contribution < -0.4 is 26.0 Å². The number of H-pyrrole nitrogens is 2. The van der Waals surface area contributed by atoms with Gasteiger partial charge in [0, 0.05) is 22.7 Å². The Morgan fingerprint density at radius 3 is 2.39 bits per heavy atom. The number of hydrogen-bond donors (Lipinski definition) is 2. The van der Waals surface area contributed by atoms with Crippen LogP contribution in [0, 0.1) is 0 Å². The van der Waals surface area contributed by atoms with Crippen molar-refractivity contribution in [3.63, 3.8) is 0 Å². The number of methoxy groups -OCH3 is 1. The summed E-state index contributed by atoms with van der Waals surface area (Å²) in [6, 6.07) is 14.6. The normalized spacial score (nSPS) is 14.8. The number of hydrogen-bond acceptors (Lipinski definition) is 2. The summed E-state index contributed by atoms with van der Waals surface area (Å²) >= 11 is 0. The molecule has 3 aromatic rings. The van der Waals surface area contributed by atoms with Gasteiger partial charge in [-0.05, 0) is 43.2 Å².